The van der Waals surface area contributed by atoms with Crippen LogP contribution in [-0.2, 0) is 11.2 Å². The minimum atomic E-state index is -0.335. The lowest BCUT2D eigenvalue weighted by molar-refractivity contribution is -0.125. The highest BCUT2D eigenvalue weighted by atomic mass is 32.2. The molecule has 1 fully saturated rings. The lowest BCUT2D eigenvalue weighted by Crippen LogP contribution is -2.29. The quantitative estimate of drug-likeness (QED) is 0.329. The van der Waals surface area contributed by atoms with Crippen LogP contribution in [0.2, 0.25) is 0 Å². The van der Waals surface area contributed by atoms with E-state index in [4.69, 9.17) is 4.74 Å². The third-order valence-corrected chi connectivity index (χ3v) is 6.26. The normalized spacial score (nSPS) is 16.4. The Balaban J connectivity index is -0.00000000242. The maximum Gasteiger partial charge on any atom is 0.288 e. The summed E-state index contributed by atoms with van der Waals surface area (Å²) >= 11 is 1.10. The van der Waals surface area contributed by atoms with Gasteiger partial charge in [-0.25, -0.2) is 4.98 Å². The molecule has 0 bridgehead atoms. The fourth-order valence-electron chi connectivity index (χ4n) is 3.37. The van der Waals surface area contributed by atoms with Crippen molar-refractivity contribution in [3.8, 4) is 5.75 Å². The van der Waals surface area contributed by atoms with Crippen LogP contribution >= 0.6 is 11.8 Å². The van der Waals surface area contributed by atoms with E-state index < -0.39 is 0 Å². The largest absolute Gasteiger partial charge is 0.492 e. The van der Waals surface area contributed by atoms with Crippen molar-refractivity contribution in [3.05, 3.63) is 53.2 Å². The van der Waals surface area contributed by atoms with Crippen molar-refractivity contribution >= 4 is 28.7 Å². The van der Waals surface area contributed by atoms with Crippen LogP contribution in [0, 0.1) is 13.8 Å². The molecule has 1 aromatic heterocycles. The molecule has 0 radical (unpaired) electrons. The number of aromatic nitrogens is 1. The maximum atomic E-state index is 12.1. The fraction of sp³-hybridized carbons (Fsp3) is 0.409. The number of ether oxygens (including phenoxy) is 1. The second kappa shape index (κ2) is 9.31. The number of rotatable bonds is 8. The molecule has 6 nitrogen and oxygen atoms in total. The summed E-state index contributed by atoms with van der Waals surface area (Å²) in [7, 11) is 1.54. The number of carbonyl (C=O) groups is 2. The smallest absolute Gasteiger partial charge is 0.288 e. The highest BCUT2D eigenvalue weighted by Gasteiger charge is 2.37. The highest BCUT2D eigenvalue weighted by molar-refractivity contribution is 8.15. The summed E-state index contributed by atoms with van der Waals surface area (Å²) in [4.78, 5) is 31.7. The third kappa shape index (κ3) is 4.90. The number of hydrogen-bond donors (Lipinski definition) is 0. The molecule has 7 heteroatoms. The first-order chi connectivity index (χ1) is 13.9. The molecule has 2 heterocycles. The van der Waals surface area contributed by atoms with Gasteiger partial charge >= 0.3 is 0 Å². The molecule has 1 saturated heterocycles. The summed E-state index contributed by atoms with van der Waals surface area (Å²) < 4.78 is 5.96. The Morgan fingerprint density at radius 1 is 1.24 bits per heavy atom. The summed E-state index contributed by atoms with van der Waals surface area (Å²) in [5.74, 6) is 1.67. The van der Waals surface area contributed by atoms with Crippen molar-refractivity contribution in [1.82, 2.24) is 9.88 Å². The lowest BCUT2D eigenvalue weighted by atomic mass is 10.0. The average molecular weight is 545 g/mol. The summed E-state index contributed by atoms with van der Waals surface area (Å²) in [6.07, 6.45) is 2.36. The Morgan fingerprint density at radius 2 is 2.03 bits per heavy atom. The van der Waals surface area contributed by atoms with E-state index in [1.165, 1.54) is 11.9 Å². The highest BCUT2D eigenvalue weighted by Crippen LogP contribution is 2.30. The summed E-state index contributed by atoms with van der Waals surface area (Å²) in [5.41, 5.74) is 3.27. The van der Waals surface area contributed by atoms with Gasteiger partial charge in [0, 0.05) is 113 Å². The van der Waals surface area contributed by atoms with Crippen LogP contribution in [0.15, 0.2) is 36.5 Å². The molecule has 1 atom stereocenters. The number of amides is 2. The first-order valence-electron chi connectivity index (χ1n) is 9.77. The molecule has 0 aliphatic carbocycles. The number of pyridine rings is 1. The molecule has 2 aromatic rings. The number of likely N-dealkylation sites (N-methyl/N-ethyl adjacent to an activating group) is 1. The van der Waals surface area contributed by atoms with Gasteiger partial charge in [-0.05, 0) is 62.1 Å². The molecule has 1 aliphatic heterocycles. The Morgan fingerprint density at radius 3 is 2.66 bits per heavy atom. The first-order valence-corrected chi connectivity index (χ1v) is 10.7. The predicted octanol–water partition coefficient (Wildman–Crippen LogP) is 19.8. The monoisotopic (exact) mass is 544 g/mol. The molecular formula is C22H157N3O3S. The zero-order chi connectivity index (χ0) is 21.0. The van der Waals surface area contributed by atoms with Gasteiger partial charge < -0.3 is 9.64 Å². The predicted molar refractivity (Wildman–Crippen MR) is 254 cm³/mol. The van der Waals surface area contributed by atoms with Crippen molar-refractivity contribution in [3.63, 3.8) is 0 Å². The van der Waals surface area contributed by atoms with Gasteiger partial charge in [0.25, 0.3) is 5.24 Å². The van der Waals surface area contributed by atoms with E-state index in [1.54, 1.807) is 0 Å². The molecule has 1 unspecified atom stereocenters. The number of nitrogens with zero attached hydrogens (tertiary/aromatic N) is 3. The molecule has 3 rings (SSSR count). The van der Waals surface area contributed by atoms with Crippen LogP contribution < -0.4 is 9.64 Å². The standard InChI is InChI=1S/C22H27N3O3S.65H2/c1-5-25(20-15(2)7-6-10-23-20)11-12-28-18-9-8-17(16(3)13-18)14-19-21(26)24(4)22(27)29-19;;;;;;;;;;;;;;;;;;;;;;;;;;;;;;;;;;;;;;;;;;;;;;;;;;;;;;;;;;;;;;;;;/h6-10,13,19H,5,11-12,14H2,1-4H3;65*1H. The van der Waals surface area contributed by atoms with Crippen LogP contribution in [0.3, 0.4) is 0 Å². The summed E-state index contributed by atoms with van der Waals surface area (Å²) in [6, 6.07) is 9.92. The van der Waals surface area contributed by atoms with Gasteiger partial charge in [-0.2, -0.15) is 0 Å². The number of imide groups is 1. The second-order valence-electron chi connectivity index (χ2n) is 7.13. The number of hydrogen-bond acceptors (Lipinski definition) is 6. The number of carbonyl (C=O) groups excluding carboxylic acids is 2. The van der Waals surface area contributed by atoms with Gasteiger partial charge in [0.1, 0.15) is 18.2 Å². The molecule has 1 aliphatic rings. The van der Waals surface area contributed by atoms with Crippen molar-refractivity contribution < 1.29 is 107 Å². The summed E-state index contributed by atoms with van der Waals surface area (Å²) in [6.45, 7) is 8.34. The van der Waals surface area contributed by atoms with E-state index in [2.05, 4.69) is 29.8 Å². The van der Waals surface area contributed by atoms with E-state index in [1.807, 2.05) is 37.4 Å². The molecule has 0 spiro atoms. The number of thioether (sulfide) groups is 1. The molecule has 284 valence electrons. The fourth-order valence-corrected chi connectivity index (χ4v) is 4.38. The van der Waals surface area contributed by atoms with Crippen LogP contribution in [0.4, 0.5) is 10.6 Å². The molecular weight excluding hydrogens is 386 g/mol. The van der Waals surface area contributed by atoms with Crippen LogP contribution in [0.1, 0.15) is 116 Å². The summed E-state index contributed by atoms with van der Waals surface area (Å²) in [5, 5.41) is -0.515. The maximum absolute atomic E-state index is 12.1. The zero-order valence-corrected chi connectivity index (χ0v) is 18.2. The molecule has 1 aromatic carbocycles. The van der Waals surface area contributed by atoms with Gasteiger partial charge in [-0.15, -0.1) is 0 Å². The molecule has 2 amide bonds. The van der Waals surface area contributed by atoms with E-state index in [-0.39, 0.29) is 109 Å². The average Bonchev–Trinajstić information content (AvgIpc) is 2.95. The number of anilines is 1. The molecule has 0 saturated carbocycles. The number of aryl methyl sites for hydroxylation is 2. The third-order valence-electron chi connectivity index (χ3n) is 5.14. The Labute approximate surface area is 272 Å². The van der Waals surface area contributed by atoms with Gasteiger partial charge in [0.2, 0.25) is 5.91 Å². The number of benzene rings is 1. The van der Waals surface area contributed by atoms with E-state index in [0.717, 1.165) is 53.1 Å². The van der Waals surface area contributed by atoms with Gasteiger partial charge in [-0.3, -0.25) is 14.5 Å². The van der Waals surface area contributed by atoms with Crippen molar-refractivity contribution in [1.29, 1.82) is 0 Å². The second-order valence-corrected chi connectivity index (χ2v) is 8.29. The minimum absolute atomic E-state index is 0. The van der Waals surface area contributed by atoms with Gasteiger partial charge in [-0.1, -0.05) is 23.9 Å². The van der Waals surface area contributed by atoms with E-state index in [0.29, 0.717) is 13.0 Å². The minimum Gasteiger partial charge on any atom is -0.492 e. The Hall–Kier alpha value is -2.54. The Kier molecular flexibility index (Phi) is 6.79. The Bertz CT molecular complexity index is 986. The van der Waals surface area contributed by atoms with Crippen molar-refractivity contribution in [2.45, 2.75) is 32.4 Å². The zero-order valence-electron chi connectivity index (χ0n) is 17.3. The van der Waals surface area contributed by atoms with Crippen molar-refractivity contribution in [2.75, 3.05) is 31.6 Å². The van der Waals surface area contributed by atoms with Gasteiger partial charge in [0.15, 0.2) is 0 Å². The van der Waals surface area contributed by atoms with Crippen molar-refractivity contribution in [2.24, 2.45) is 0 Å². The molecule has 29 heavy (non-hydrogen) atoms. The first kappa shape index (κ1) is 21.2. The van der Waals surface area contributed by atoms with Crippen LogP contribution in [-0.4, -0.2) is 53.0 Å². The van der Waals surface area contributed by atoms with Gasteiger partial charge in [0.05, 0.1) is 11.8 Å². The lowest BCUT2D eigenvalue weighted by Gasteiger charge is -2.23. The molecule has 0 N–H and O–H groups in total. The topological polar surface area (TPSA) is 62.7 Å². The van der Waals surface area contributed by atoms with Crippen LogP contribution in [0.25, 0.3) is 0 Å². The van der Waals surface area contributed by atoms with E-state index >= 15 is 0 Å². The SMILES string of the molecule is CCN(CCOc1ccc(CC2SC(=O)N(C)C2=O)c(C)c1)c1ncccc1C.[HH].[HH].[HH].[HH].[HH].[HH].[HH].[HH].[HH].[HH].[HH].[HH].[HH].[HH].[HH].[HH].[HH].[HH].[HH].[HH].[HH].[HH].[HH].[HH].[HH].[HH].[HH].[HH].[HH].[HH].[HH].[HH].[HH].[HH].[HH].[HH].[HH].[HH].[HH].[HH].[HH].[HH].[HH].[HH].[HH].[HH].[HH].[HH].[HH].[HH].[HH].[HH].[HH].[HH].[HH].[HH].[HH].[HH].[HH].[HH].[HH].[HH].[HH].[HH].[HH]. The van der Waals surface area contributed by atoms with E-state index in [9.17, 15) is 9.59 Å². The van der Waals surface area contributed by atoms with Crippen LogP contribution in [0.5, 0.6) is 5.75 Å².